The van der Waals surface area contributed by atoms with Crippen LogP contribution in [0.2, 0.25) is 0 Å². The van der Waals surface area contributed by atoms with Crippen molar-refractivity contribution >= 4 is 35.4 Å². The molecule has 1 aromatic carbocycles. The molecule has 1 aromatic heterocycles. The fourth-order valence-corrected chi connectivity index (χ4v) is 1.96. The van der Waals surface area contributed by atoms with Gasteiger partial charge in [-0.1, -0.05) is 18.2 Å². The zero-order valence-corrected chi connectivity index (χ0v) is 10.8. The third-order valence-corrected chi connectivity index (χ3v) is 3.04. The number of hydrogen-bond donors (Lipinski definition) is 3. The SMILES string of the molecule is O=C(NC(CS)C(=O)O)c1ccnc2ccccc12. The van der Waals surface area contributed by atoms with Gasteiger partial charge < -0.3 is 10.4 Å². The Bertz CT molecular complexity index is 625. The predicted molar refractivity (Wildman–Crippen MR) is 74.5 cm³/mol. The van der Waals surface area contributed by atoms with Gasteiger partial charge in [-0.2, -0.15) is 12.6 Å². The lowest BCUT2D eigenvalue weighted by Crippen LogP contribution is -2.42. The molecular weight excluding hydrogens is 264 g/mol. The van der Waals surface area contributed by atoms with E-state index in [1.54, 1.807) is 24.3 Å². The number of aliphatic carboxylic acids is 1. The quantitative estimate of drug-likeness (QED) is 0.736. The van der Waals surface area contributed by atoms with E-state index in [4.69, 9.17) is 5.11 Å². The van der Waals surface area contributed by atoms with Gasteiger partial charge in [-0.3, -0.25) is 9.78 Å². The molecule has 1 amide bonds. The first-order valence-electron chi connectivity index (χ1n) is 5.61. The number of nitrogens with one attached hydrogen (secondary N) is 1. The molecule has 0 saturated heterocycles. The fourth-order valence-electron chi connectivity index (χ4n) is 1.72. The van der Waals surface area contributed by atoms with Crippen LogP contribution in [-0.4, -0.2) is 33.8 Å². The summed E-state index contributed by atoms with van der Waals surface area (Å²) in [7, 11) is 0. The number of amides is 1. The Morgan fingerprint density at radius 1 is 1.32 bits per heavy atom. The molecule has 0 bridgehead atoms. The number of carbonyl (C=O) groups excluding carboxylic acids is 1. The minimum absolute atomic E-state index is 0.0318. The summed E-state index contributed by atoms with van der Waals surface area (Å²) in [5.74, 6) is -1.52. The standard InChI is InChI=1S/C13H12N2O3S/c16-12(15-11(7-19)13(17)18)9-5-6-14-10-4-2-1-3-8(9)10/h1-6,11,19H,7H2,(H,15,16)(H,17,18). The minimum Gasteiger partial charge on any atom is -0.480 e. The maximum Gasteiger partial charge on any atom is 0.327 e. The Balaban J connectivity index is 2.34. The van der Waals surface area contributed by atoms with E-state index in [0.717, 1.165) is 0 Å². The van der Waals surface area contributed by atoms with Crippen LogP contribution >= 0.6 is 12.6 Å². The average Bonchev–Trinajstić information content (AvgIpc) is 2.43. The lowest BCUT2D eigenvalue weighted by Gasteiger charge is -2.12. The van der Waals surface area contributed by atoms with Crippen molar-refractivity contribution in [1.82, 2.24) is 10.3 Å². The number of thiol groups is 1. The van der Waals surface area contributed by atoms with E-state index < -0.39 is 17.9 Å². The second-order valence-electron chi connectivity index (χ2n) is 3.92. The second kappa shape index (κ2) is 5.71. The molecule has 1 atom stereocenters. The molecule has 98 valence electrons. The van der Waals surface area contributed by atoms with E-state index >= 15 is 0 Å². The van der Waals surface area contributed by atoms with Crippen LogP contribution in [0.25, 0.3) is 10.9 Å². The van der Waals surface area contributed by atoms with Crippen LogP contribution in [0.1, 0.15) is 10.4 Å². The lowest BCUT2D eigenvalue weighted by atomic mass is 10.1. The summed E-state index contributed by atoms with van der Waals surface area (Å²) in [5.41, 5.74) is 1.09. The lowest BCUT2D eigenvalue weighted by molar-refractivity contribution is -0.138. The first-order valence-corrected chi connectivity index (χ1v) is 6.25. The number of fused-ring (bicyclic) bond motifs is 1. The summed E-state index contributed by atoms with van der Waals surface area (Å²) in [6.07, 6.45) is 1.52. The highest BCUT2D eigenvalue weighted by molar-refractivity contribution is 7.80. The maximum absolute atomic E-state index is 12.1. The van der Waals surface area contributed by atoms with Crippen LogP contribution in [0.4, 0.5) is 0 Å². The maximum atomic E-state index is 12.1. The van der Waals surface area contributed by atoms with Gasteiger partial charge in [0.2, 0.25) is 0 Å². The van der Waals surface area contributed by atoms with Crippen LogP contribution in [0, 0.1) is 0 Å². The summed E-state index contributed by atoms with van der Waals surface area (Å²) in [5, 5.41) is 12.0. The molecule has 0 aliphatic rings. The molecule has 0 saturated carbocycles. The third kappa shape index (κ3) is 2.85. The molecule has 5 nitrogen and oxygen atoms in total. The van der Waals surface area contributed by atoms with Crippen molar-refractivity contribution in [2.75, 3.05) is 5.75 Å². The fraction of sp³-hybridized carbons (Fsp3) is 0.154. The smallest absolute Gasteiger partial charge is 0.327 e. The summed E-state index contributed by atoms with van der Waals surface area (Å²) >= 11 is 3.91. The monoisotopic (exact) mass is 276 g/mol. The highest BCUT2D eigenvalue weighted by Crippen LogP contribution is 2.16. The number of para-hydroxylation sites is 1. The molecule has 6 heteroatoms. The van der Waals surface area contributed by atoms with Gasteiger partial charge in [0.15, 0.2) is 0 Å². The number of carboxylic acids is 1. The molecule has 1 heterocycles. The van der Waals surface area contributed by atoms with Gasteiger partial charge in [-0.25, -0.2) is 4.79 Å². The van der Waals surface area contributed by atoms with Crippen LogP contribution in [-0.2, 0) is 4.79 Å². The molecule has 19 heavy (non-hydrogen) atoms. The number of carbonyl (C=O) groups is 2. The Hall–Kier alpha value is -2.08. The van der Waals surface area contributed by atoms with Crippen molar-refractivity contribution in [3.8, 4) is 0 Å². The molecule has 2 N–H and O–H groups in total. The zero-order chi connectivity index (χ0) is 13.8. The normalized spacial score (nSPS) is 12.1. The molecule has 0 radical (unpaired) electrons. The Morgan fingerprint density at radius 3 is 2.74 bits per heavy atom. The van der Waals surface area contributed by atoms with Crippen molar-refractivity contribution in [3.63, 3.8) is 0 Å². The molecule has 0 aliphatic carbocycles. The summed E-state index contributed by atoms with van der Waals surface area (Å²) in [6.45, 7) is 0. The number of carboxylic acid groups (broad SMARTS) is 1. The van der Waals surface area contributed by atoms with E-state index in [-0.39, 0.29) is 5.75 Å². The molecule has 1 unspecified atom stereocenters. The number of nitrogens with zero attached hydrogens (tertiary/aromatic N) is 1. The van der Waals surface area contributed by atoms with Gasteiger partial charge in [-0.15, -0.1) is 0 Å². The highest BCUT2D eigenvalue weighted by Gasteiger charge is 2.20. The first-order chi connectivity index (χ1) is 9.13. The van der Waals surface area contributed by atoms with E-state index in [1.807, 2.05) is 6.07 Å². The largest absolute Gasteiger partial charge is 0.480 e. The topological polar surface area (TPSA) is 79.3 Å². The minimum atomic E-state index is -1.11. The van der Waals surface area contributed by atoms with Gasteiger partial charge in [-0.05, 0) is 12.1 Å². The second-order valence-corrected chi connectivity index (χ2v) is 4.29. The average molecular weight is 276 g/mol. The van der Waals surface area contributed by atoms with Crippen molar-refractivity contribution in [2.45, 2.75) is 6.04 Å². The van der Waals surface area contributed by atoms with Crippen LogP contribution in [0.15, 0.2) is 36.5 Å². The third-order valence-electron chi connectivity index (χ3n) is 2.68. The van der Waals surface area contributed by atoms with Crippen LogP contribution < -0.4 is 5.32 Å². The number of benzene rings is 1. The molecule has 0 spiro atoms. The number of pyridine rings is 1. The van der Waals surface area contributed by atoms with Crippen LogP contribution in [0.3, 0.4) is 0 Å². The van der Waals surface area contributed by atoms with E-state index in [2.05, 4.69) is 22.9 Å². The molecule has 0 aliphatic heterocycles. The summed E-state index contributed by atoms with van der Waals surface area (Å²) in [6, 6.07) is 7.74. The van der Waals surface area contributed by atoms with Gasteiger partial charge in [0.25, 0.3) is 5.91 Å². The number of aromatic nitrogens is 1. The summed E-state index contributed by atoms with van der Waals surface area (Å²) in [4.78, 5) is 27.1. The molecular formula is C13H12N2O3S. The van der Waals surface area contributed by atoms with Crippen molar-refractivity contribution < 1.29 is 14.7 Å². The Labute approximate surface area is 115 Å². The molecule has 2 rings (SSSR count). The van der Waals surface area contributed by atoms with Crippen molar-refractivity contribution in [1.29, 1.82) is 0 Å². The van der Waals surface area contributed by atoms with E-state index in [1.165, 1.54) is 6.20 Å². The van der Waals surface area contributed by atoms with Crippen molar-refractivity contribution in [2.24, 2.45) is 0 Å². The van der Waals surface area contributed by atoms with Gasteiger partial charge in [0.05, 0.1) is 11.1 Å². The van der Waals surface area contributed by atoms with Gasteiger partial charge in [0, 0.05) is 17.3 Å². The highest BCUT2D eigenvalue weighted by atomic mass is 32.1. The van der Waals surface area contributed by atoms with Crippen LogP contribution in [0.5, 0.6) is 0 Å². The molecule has 0 fully saturated rings. The Kier molecular flexibility index (Phi) is 4.01. The first kappa shape index (κ1) is 13.4. The number of rotatable bonds is 4. The summed E-state index contributed by atoms with van der Waals surface area (Å²) < 4.78 is 0. The predicted octanol–water partition coefficient (Wildman–Crippen LogP) is 1.35. The van der Waals surface area contributed by atoms with Gasteiger partial charge in [0.1, 0.15) is 6.04 Å². The van der Waals surface area contributed by atoms with E-state index in [0.29, 0.717) is 16.5 Å². The zero-order valence-electron chi connectivity index (χ0n) is 9.91. The van der Waals surface area contributed by atoms with Gasteiger partial charge >= 0.3 is 5.97 Å². The number of hydrogen-bond acceptors (Lipinski definition) is 4. The Morgan fingerprint density at radius 2 is 2.05 bits per heavy atom. The van der Waals surface area contributed by atoms with E-state index in [9.17, 15) is 9.59 Å². The molecule has 2 aromatic rings. The van der Waals surface area contributed by atoms with Crippen molar-refractivity contribution in [3.05, 3.63) is 42.1 Å².